The van der Waals surface area contributed by atoms with E-state index in [2.05, 4.69) is 0 Å². The molecule has 2 heterocycles. The van der Waals surface area contributed by atoms with Gasteiger partial charge in [0.05, 0.1) is 11.5 Å². The molecule has 0 aromatic carbocycles. The molecular weight excluding hydrogens is 282 g/mol. The predicted molar refractivity (Wildman–Crippen MR) is 66.5 cm³/mol. The van der Waals surface area contributed by atoms with Crippen LogP contribution in [0.25, 0.3) is 0 Å². The van der Waals surface area contributed by atoms with Crippen LogP contribution in [0.4, 0.5) is 0 Å². The van der Waals surface area contributed by atoms with Crippen LogP contribution in [0.5, 0.6) is 0 Å². The Morgan fingerprint density at radius 3 is 2.29 bits per heavy atom. The van der Waals surface area contributed by atoms with Gasteiger partial charge >= 0.3 is 0 Å². The molecule has 0 radical (unpaired) electrons. The van der Waals surface area contributed by atoms with E-state index in [1.54, 1.807) is 12.1 Å². The molecule has 0 aliphatic carbocycles. The number of rotatable bonds is 2. The molecule has 0 saturated carbocycles. The molecule has 1 aliphatic heterocycles. The largest absolute Gasteiger partial charge is 0.252 e. The highest BCUT2D eigenvalue weighted by atomic mass is 32.2. The van der Waals surface area contributed by atoms with Crippen molar-refractivity contribution in [3.63, 3.8) is 0 Å². The summed E-state index contributed by atoms with van der Waals surface area (Å²) < 4.78 is 48.3. The first-order valence-electron chi connectivity index (χ1n) is 5.08. The number of sulfonamides is 1. The summed E-state index contributed by atoms with van der Waals surface area (Å²) in [6, 6.07) is 3.32. The van der Waals surface area contributed by atoms with E-state index in [-0.39, 0.29) is 28.8 Å². The Morgan fingerprint density at radius 1 is 1.24 bits per heavy atom. The van der Waals surface area contributed by atoms with Gasteiger partial charge in [-0.15, -0.1) is 11.3 Å². The molecular formula is C9H13NO4S3. The highest BCUT2D eigenvalue weighted by molar-refractivity contribution is 7.92. The lowest BCUT2D eigenvalue weighted by Crippen LogP contribution is -2.43. The summed E-state index contributed by atoms with van der Waals surface area (Å²) in [6.07, 6.45) is 0. The van der Waals surface area contributed by atoms with Crippen LogP contribution in [0.1, 0.15) is 4.88 Å². The SMILES string of the molecule is Cc1ccc(S(=O)(=O)N2CCS(=O)(=O)CC2)s1. The van der Waals surface area contributed by atoms with E-state index >= 15 is 0 Å². The molecule has 96 valence electrons. The minimum Gasteiger partial charge on any atom is -0.229 e. The van der Waals surface area contributed by atoms with Crippen molar-refractivity contribution in [2.45, 2.75) is 11.1 Å². The van der Waals surface area contributed by atoms with Crippen LogP contribution in [0.15, 0.2) is 16.3 Å². The second kappa shape index (κ2) is 4.34. The van der Waals surface area contributed by atoms with Crippen molar-refractivity contribution in [3.8, 4) is 0 Å². The van der Waals surface area contributed by atoms with E-state index in [0.29, 0.717) is 0 Å². The average molecular weight is 295 g/mol. The van der Waals surface area contributed by atoms with Gasteiger partial charge in [0, 0.05) is 18.0 Å². The van der Waals surface area contributed by atoms with Crippen molar-refractivity contribution >= 4 is 31.2 Å². The highest BCUT2D eigenvalue weighted by Crippen LogP contribution is 2.25. The number of thiophene rings is 1. The molecule has 8 heteroatoms. The van der Waals surface area contributed by atoms with Crippen LogP contribution in [-0.4, -0.2) is 45.7 Å². The van der Waals surface area contributed by atoms with E-state index in [9.17, 15) is 16.8 Å². The first kappa shape index (κ1) is 13.0. The zero-order valence-corrected chi connectivity index (χ0v) is 11.7. The van der Waals surface area contributed by atoms with Crippen LogP contribution in [-0.2, 0) is 19.9 Å². The van der Waals surface area contributed by atoms with E-state index in [1.807, 2.05) is 6.92 Å². The molecule has 1 fully saturated rings. The molecule has 0 bridgehead atoms. The quantitative estimate of drug-likeness (QED) is 0.795. The van der Waals surface area contributed by atoms with Crippen LogP contribution in [0.3, 0.4) is 0 Å². The van der Waals surface area contributed by atoms with Crippen molar-refractivity contribution in [2.24, 2.45) is 0 Å². The van der Waals surface area contributed by atoms with E-state index < -0.39 is 19.9 Å². The Balaban J connectivity index is 2.24. The normalized spacial score (nSPS) is 21.5. The van der Waals surface area contributed by atoms with E-state index in [4.69, 9.17) is 0 Å². The lowest BCUT2D eigenvalue weighted by Gasteiger charge is -2.25. The smallest absolute Gasteiger partial charge is 0.229 e. The Bertz CT molecular complexity index is 600. The summed E-state index contributed by atoms with van der Waals surface area (Å²) in [5.41, 5.74) is 0. The molecule has 0 unspecified atom stereocenters. The first-order valence-corrected chi connectivity index (χ1v) is 9.16. The summed E-state index contributed by atoms with van der Waals surface area (Å²) in [5.74, 6) is -0.173. The van der Waals surface area contributed by atoms with Crippen LogP contribution in [0, 0.1) is 6.92 Å². The molecule has 0 N–H and O–H groups in total. The molecule has 1 aromatic heterocycles. The maximum atomic E-state index is 12.2. The number of hydrogen-bond donors (Lipinski definition) is 0. The zero-order chi connectivity index (χ0) is 12.7. The fraction of sp³-hybridized carbons (Fsp3) is 0.556. The Morgan fingerprint density at radius 2 is 1.82 bits per heavy atom. The Labute approximate surface area is 105 Å². The summed E-state index contributed by atoms with van der Waals surface area (Å²) in [4.78, 5) is 0.924. The van der Waals surface area contributed by atoms with Crippen LogP contribution >= 0.6 is 11.3 Å². The molecule has 1 saturated heterocycles. The molecule has 0 amide bonds. The van der Waals surface area contributed by atoms with Gasteiger partial charge in [-0.1, -0.05) is 0 Å². The molecule has 0 atom stereocenters. The van der Waals surface area contributed by atoms with Crippen LogP contribution in [0.2, 0.25) is 0 Å². The van der Waals surface area contributed by atoms with Gasteiger partial charge < -0.3 is 0 Å². The van der Waals surface area contributed by atoms with E-state index in [1.165, 1.54) is 15.6 Å². The third kappa shape index (κ3) is 2.70. The van der Waals surface area contributed by atoms with Gasteiger partial charge in [-0.25, -0.2) is 16.8 Å². The maximum absolute atomic E-state index is 12.2. The summed E-state index contributed by atoms with van der Waals surface area (Å²) >= 11 is 1.21. The van der Waals surface area contributed by atoms with Gasteiger partial charge in [-0.05, 0) is 19.1 Å². The van der Waals surface area contributed by atoms with Crippen LogP contribution < -0.4 is 0 Å². The molecule has 0 spiro atoms. The highest BCUT2D eigenvalue weighted by Gasteiger charge is 2.31. The molecule has 1 aliphatic rings. The summed E-state index contributed by atoms with van der Waals surface area (Å²) in [6.45, 7) is 1.95. The van der Waals surface area contributed by atoms with Crippen molar-refractivity contribution in [1.29, 1.82) is 0 Å². The third-order valence-electron chi connectivity index (χ3n) is 2.61. The molecule has 5 nitrogen and oxygen atoms in total. The topological polar surface area (TPSA) is 71.5 Å². The van der Waals surface area contributed by atoms with Crippen molar-refractivity contribution < 1.29 is 16.8 Å². The summed E-state index contributed by atoms with van der Waals surface area (Å²) in [5, 5.41) is 0. The third-order valence-corrected chi connectivity index (χ3v) is 7.59. The predicted octanol–water partition coefficient (Wildman–Crippen LogP) is 0.476. The second-order valence-corrected chi connectivity index (χ2v) is 9.68. The summed E-state index contributed by atoms with van der Waals surface area (Å²) in [7, 11) is -6.56. The van der Waals surface area contributed by atoms with Gasteiger partial charge in [-0.3, -0.25) is 0 Å². The van der Waals surface area contributed by atoms with Gasteiger partial charge in [0.25, 0.3) is 10.0 Å². The van der Waals surface area contributed by atoms with Gasteiger partial charge in [0.15, 0.2) is 9.84 Å². The van der Waals surface area contributed by atoms with E-state index in [0.717, 1.165) is 4.88 Å². The van der Waals surface area contributed by atoms with Gasteiger partial charge in [0.1, 0.15) is 4.21 Å². The number of hydrogen-bond acceptors (Lipinski definition) is 5. The molecule has 2 rings (SSSR count). The average Bonchev–Trinajstić information content (AvgIpc) is 2.65. The zero-order valence-electron chi connectivity index (χ0n) is 9.29. The first-order chi connectivity index (χ1) is 7.81. The minimum atomic E-state index is -3.50. The van der Waals surface area contributed by atoms with Crippen molar-refractivity contribution in [2.75, 3.05) is 24.6 Å². The standard InChI is InChI=1S/C9H13NO4S3/c1-8-2-3-9(15-8)17(13,14)10-4-6-16(11,12)7-5-10/h2-3H,4-7H2,1H3. The number of aryl methyl sites for hydroxylation is 1. The fourth-order valence-electron chi connectivity index (χ4n) is 1.61. The number of sulfone groups is 1. The molecule has 1 aromatic rings. The number of nitrogens with zero attached hydrogens (tertiary/aromatic N) is 1. The fourth-order valence-corrected chi connectivity index (χ4v) is 5.93. The van der Waals surface area contributed by atoms with Gasteiger partial charge in [0.2, 0.25) is 0 Å². The monoisotopic (exact) mass is 295 g/mol. The minimum absolute atomic E-state index is 0.0572. The Kier molecular flexibility index (Phi) is 3.32. The van der Waals surface area contributed by atoms with Gasteiger partial charge in [-0.2, -0.15) is 4.31 Å². The molecule has 17 heavy (non-hydrogen) atoms. The lowest BCUT2D eigenvalue weighted by molar-refractivity contribution is 0.432. The van der Waals surface area contributed by atoms with Crippen molar-refractivity contribution in [3.05, 3.63) is 17.0 Å². The lowest BCUT2D eigenvalue weighted by atomic mass is 10.5. The second-order valence-electron chi connectivity index (χ2n) is 3.92. The Hall–Kier alpha value is -0.440. The van der Waals surface area contributed by atoms with Crippen molar-refractivity contribution in [1.82, 2.24) is 4.31 Å². The maximum Gasteiger partial charge on any atom is 0.252 e.